The zero-order valence-corrected chi connectivity index (χ0v) is 26.3. The molecule has 7 heteroatoms. The van der Waals surface area contributed by atoms with Crippen LogP contribution in [0.1, 0.15) is 113 Å². The molecule has 10 atom stereocenters. The summed E-state index contributed by atoms with van der Waals surface area (Å²) in [5.74, 6) is 0.145. The third-order valence-electron chi connectivity index (χ3n) is 13.9. The Morgan fingerprint density at radius 1 is 0.878 bits per heavy atom. The summed E-state index contributed by atoms with van der Waals surface area (Å²) in [4.78, 5) is 41.7. The molecule has 7 nitrogen and oxygen atoms in total. The number of carboxylic acids is 1. The van der Waals surface area contributed by atoms with Gasteiger partial charge in [-0.3, -0.25) is 9.59 Å². The van der Waals surface area contributed by atoms with Gasteiger partial charge in [0.1, 0.15) is 6.61 Å². The number of allylic oxidation sites excluding steroid dienone is 1. The van der Waals surface area contributed by atoms with Crippen LogP contribution in [0.3, 0.4) is 0 Å². The Morgan fingerprint density at radius 2 is 1.59 bits per heavy atom. The molecule has 5 fully saturated rings. The molecule has 41 heavy (non-hydrogen) atoms. The lowest BCUT2D eigenvalue weighted by molar-refractivity contribution is -0.233. The fourth-order valence-electron chi connectivity index (χ4n) is 11.9. The molecule has 5 saturated carbocycles. The van der Waals surface area contributed by atoms with Gasteiger partial charge in [-0.25, -0.2) is 4.79 Å². The number of hydrogen-bond donors (Lipinski definition) is 1. The molecular weight excluding hydrogens is 518 g/mol. The second-order valence-electron chi connectivity index (χ2n) is 15.5. The molecule has 0 heterocycles. The largest absolute Gasteiger partial charge is 0.481 e. The van der Waals surface area contributed by atoms with Crippen LogP contribution in [0, 0.1) is 56.7 Å². The van der Waals surface area contributed by atoms with E-state index in [0.717, 1.165) is 69.1 Å². The van der Waals surface area contributed by atoms with Crippen LogP contribution in [-0.2, 0) is 24.0 Å². The molecule has 5 aliphatic rings. The van der Waals surface area contributed by atoms with Crippen LogP contribution >= 0.6 is 0 Å². The monoisotopic (exact) mass is 569 g/mol. The Hall–Kier alpha value is -2.18. The summed E-state index contributed by atoms with van der Waals surface area (Å²) in [5, 5.41) is 14.9. The van der Waals surface area contributed by atoms with Crippen LogP contribution in [0.4, 0.5) is 0 Å². The van der Waals surface area contributed by atoms with E-state index in [-0.39, 0.29) is 46.6 Å². The molecule has 0 bridgehead atoms. The van der Waals surface area contributed by atoms with E-state index < -0.39 is 22.8 Å². The summed E-state index contributed by atoms with van der Waals surface area (Å²) in [6, 6.07) is 0. The van der Waals surface area contributed by atoms with E-state index in [0.29, 0.717) is 18.3 Å². The van der Waals surface area contributed by atoms with Crippen molar-refractivity contribution in [3.63, 3.8) is 0 Å². The highest BCUT2D eigenvalue weighted by atomic mass is 16.7. The highest BCUT2D eigenvalue weighted by Crippen LogP contribution is 2.77. The van der Waals surface area contributed by atoms with Crippen molar-refractivity contribution in [1.82, 2.24) is 0 Å². The molecule has 0 spiro atoms. The molecule has 1 N–H and O–H groups in total. The minimum absolute atomic E-state index is 0.00408. The number of nitrogens with zero attached hydrogens (tertiary/aromatic N) is 1. The predicted octanol–water partition coefficient (Wildman–Crippen LogP) is 7.19. The SMILES string of the molecule is C=C(C)[C@@H]1CC[C@]2(C(=O)O)CC[C@]3(C)[C@H](CC[C@@H]4[C@@]5(C)CCC(=NOC(C)=O)[C@@](C)(COC(C)=O)[C@@H]5CC[C@]43C)[C@@H]12. The highest BCUT2D eigenvalue weighted by molar-refractivity contribution is 5.91. The van der Waals surface area contributed by atoms with Crippen molar-refractivity contribution < 1.29 is 29.1 Å². The van der Waals surface area contributed by atoms with Crippen LogP contribution in [0.25, 0.3) is 0 Å². The molecule has 0 aromatic heterocycles. The Balaban J connectivity index is 1.53. The minimum atomic E-state index is -0.617. The molecule has 5 aliphatic carbocycles. The van der Waals surface area contributed by atoms with Gasteiger partial charge in [-0.15, -0.1) is 0 Å². The first-order valence-corrected chi connectivity index (χ1v) is 15.8. The second kappa shape index (κ2) is 9.94. The second-order valence-corrected chi connectivity index (χ2v) is 15.5. The van der Waals surface area contributed by atoms with Gasteiger partial charge in [-0.05, 0) is 117 Å². The quantitative estimate of drug-likeness (QED) is 0.163. The molecule has 0 aliphatic heterocycles. The van der Waals surface area contributed by atoms with Crippen LogP contribution in [-0.4, -0.2) is 35.3 Å². The van der Waals surface area contributed by atoms with E-state index in [9.17, 15) is 19.5 Å². The van der Waals surface area contributed by atoms with Gasteiger partial charge in [0.2, 0.25) is 0 Å². The number of carbonyl (C=O) groups excluding carboxylic acids is 2. The molecular formula is C34H51NO6. The Labute approximate surface area is 245 Å². The van der Waals surface area contributed by atoms with Crippen LogP contribution in [0.15, 0.2) is 17.3 Å². The smallest absolute Gasteiger partial charge is 0.331 e. The summed E-state index contributed by atoms with van der Waals surface area (Å²) in [6.45, 7) is 19.1. The molecule has 0 amide bonds. The number of fused-ring (bicyclic) bond motifs is 7. The van der Waals surface area contributed by atoms with E-state index in [1.807, 2.05) is 0 Å². The van der Waals surface area contributed by atoms with E-state index in [4.69, 9.17) is 9.57 Å². The first kappa shape index (κ1) is 30.3. The number of hydrogen-bond acceptors (Lipinski definition) is 6. The fraction of sp³-hybridized carbons (Fsp3) is 0.824. The number of oxime groups is 1. The van der Waals surface area contributed by atoms with Crippen LogP contribution < -0.4 is 0 Å². The Morgan fingerprint density at radius 3 is 2.20 bits per heavy atom. The van der Waals surface area contributed by atoms with Gasteiger partial charge in [0, 0.05) is 19.3 Å². The van der Waals surface area contributed by atoms with Crippen molar-refractivity contribution in [2.24, 2.45) is 61.8 Å². The molecule has 0 radical (unpaired) electrons. The van der Waals surface area contributed by atoms with Gasteiger partial charge < -0.3 is 14.7 Å². The standard InChI is InChI=1S/C34H51NO6/c1-20(2)23-11-16-34(29(38)39)18-17-32(7)24(28(23)34)9-10-26-30(5)14-13-27(35-41-22(4)37)31(6,19-40-21(3)36)25(30)12-15-33(26,32)8/h23-26,28H,1,9-19H2,2-8H3,(H,38,39)/t23-,24+,25+,26+,28+,30-,31-,32+,33+,34-/m0/s1. The normalized spacial score (nSPS) is 47.8. The number of aliphatic carboxylic acids is 1. The molecule has 0 saturated heterocycles. The third-order valence-corrected chi connectivity index (χ3v) is 13.9. The maximum Gasteiger partial charge on any atom is 0.331 e. The Bertz CT molecular complexity index is 1180. The number of rotatable bonds is 5. The lowest BCUT2D eigenvalue weighted by Crippen LogP contribution is -2.67. The van der Waals surface area contributed by atoms with E-state index in [1.165, 1.54) is 13.8 Å². The maximum absolute atomic E-state index is 12.9. The van der Waals surface area contributed by atoms with Crippen molar-refractivity contribution in [3.05, 3.63) is 12.2 Å². The maximum atomic E-state index is 12.9. The third kappa shape index (κ3) is 4.17. The van der Waals surface area contributed by atoms with Crippen molar-refractivity contribution in [3.8, 4) is 0 Å². The predicted molar refractivity (Wildman–Crippen MR) is 157 cm³/mol. The summed E-state index contributed by atoms with van der Waals surface area (Å²) < 4.78 is 5.67. The average Bonchev–Trinajstić information content (AvgIpc) is 3.29. The topological polar surface area (TPSA) is 102 Å². The lowest BCUT2D eigenvalue weighted by atomic mass is 9.32. The van der Waals surface area contributed by atoms with Crippen LogP contribution in [0.2, 0.25) is 0 Å². The van der Waals surface area contributed by atoms with E-state index in [1.54, 1.807) is 0 Å². The molecule has 0 unspecified atom stereocenters. The molecule has 0 aromatic rings. The summed E-state index contributed by atoms with van der Waals surface area (Å²) >= 11 is 0. The number of ether oxygens (including phenoxy) is 1. The molecule has 5 rings (SSSR count). The molecule has 0 aromatic carbocycles. The zero-order chi connectivity index (χ0) is 30.2. The van der Waals surface area contributed by atoms with Gasteiger partial charge in [0.25, 0.3) is 0 Å². The van der Waals surface area contributed by atoms with E-state index in [2.05, 4.69) is 46.4 Å². The first-order valence-electron chi connectivity index (χ1n) is 15.8. The Kier molecular flexibility index (Phi) is 7.34. The van der Waals surface area contributed by atoms with Gasteiger partial charge in [-0.2, -0.15) is 0 Å². The van der Waals surface area contributed by atoms with Crippen LogP contribution in [0.5, 0.6) is 0 Å². The summed E-state index contributed by atoms with van der Waals surface area (Å²) in [5.41, 5.74) is 0.945. The van der Waals surface area contributed by atoms with E-state index >= 15 is 0 Å². The first-order chi connectivity index (χ1) is 19.1. The van der Waals surface area contributed by atoms with Gasteiger partial charge >= 0.3 is 17.9 Å². The van der Waals surface area contributed by atoms with Crippen molar-refractivity contribution in [1.29, 1.82) is 0 Å². The average molecular weight is 570 g/mol. The van der Waals surface area contributed by atoms with Crippen molar-refractivity contribution in [2.45, 2.75) is 113 Å². The number of esters is 1. The highest BCUT2D eigenvalue weighted by Gasteiger charge is 2.72. The van der Waals surface area contributed by atoms with Gasteiger partial charge in [0.15, 0.2) is 0 Å². The number of carbonyl (C=O) groups is 3. The minimum Gasteiger partial charge on any atom is -0.481 e. The lowest BCUT2D eigenvalue weighted by Gasteiger charge is -2.72. The fourth-order valence-corrected chi connectivity index (χ4v) is 11.9. The summed E-state index contributed by atoms with van der Waals surface area (Å²) in [6.07, 6.45) is 9.24. The zero-order valence-electron chi connectivity index (χ0n) is 26.3. The summed E-state index contributed by atoms with van der Waals surface area (Å²) in [7, 11) is 0. The number of carboxylic acid groups (broad SMARTS) is 1. The van der Waals surface area contributed by atoms with Gasteiger partial charge in [-0.1, -0.05) is 45.0 Å². The van der Waals surface area contributed by atoms with Crippen molar-refractivity contribution in [2.75, 3.05) is 6.61 Å². The van der Waals surface area contributed by atoms with Gasteiger partial charge in [0.05, 0.1) is 11.1 Å². The van der Waals surface area contributed by atoms with Crippen molar-refractivity contribution >= 4 is 23.6 Å². The molecule has 228 valence electrons.